The smallest absolute Gasteiger partial charge is 1.00 e. The van der Waals surface area contributed by atoms with Crippen molar-refractivity contribution >= 4 is 92.6 Å². The third-order valence-corrected chi connectivity index (χ3v) is 16.5. The second kappa shape index (κ2) is 49.0. The minimum absolute atomic E-state index is 0. The number of carbonyl (C=O) groups is 3. The molecule has 13 aromatic rings. The number of nitrogens with one attached hydrogen (secondary N) is 2. The Balaban J connectivity index is 0.000000260. The van der Waals surface area contributed by atoms with Gasteiger partial charge < -0.3 is 51.9 Å². The summed E-state index contributed by atoms with van der Waals surface area (Å²) in [6, 6.07) is 55.8. The third-order valence-electron chi connectivity index (χ3n) is 16.1. The summed E-state index contributed by atoms with van der Waals surface area (Å²) in [5, 5.41) is 17.1. The number of nitrogens with two attached hydrogens (primary N) is 1. The Labute approximate surface area is 733 Å². The van der Waals surface area contributed by atoms with Gasteiger partial charge in [0.1, 0.15) is 52.5 Å². The Bertz CT molecular complexity index is 5050. The predicted octanol–water partition coefficient (Wildman–Crippen LogP) is 7.44. The molecule has 0 bridgehead atoms. The van der Waals surface area contributed by atoms with Gasteiger partial charge in [0.25, 0.3) is 17.6 Å². The normalized spacial score (nSPS) is 10.2. The standard InChI is InChI=1S/C30H30N6O2.C19H12ClN3O.C11H8ClN3O.C11H19N3O.C9H10O2.CH2O3.2K.H/c1-3-35(4-2)16-17-38-25-10-11-28(33-21-25)34-29-19-27-23(20-32-29)18-26(22-8-6-5-7-9-22)30(37)36(27)24-12-14-31-15-13-24;20-18-11-17-14(12-22-18)10-16(13-4-2-1-3-5-13)19(24)23(17)15-6-8-21-9-7-15;12-11-5-10(8(7-16)6-14-11)15-9-1-3-13-4-2-9;1-3-14(4-2)7-8-15-10-5-6-11(12)13-9-10;1-11-9(10)7-8-5-3-2-4-6-8;2-1-4-3;;;/h5-15,18-21H,3-4,16-17H2,1-2H3,(H,32,33,34);1-12H;1-7H,(H,13,14,15);5-6,9H,3-4,7-8H2,1-2H3,(H2,12,13);2-6H,7H2,1H3;1,3H;;;/q;;;;;;2*+1;-1/p-1. The number of fused-ring (bicyclic) bond motifs is 2. The van der Waals surface area contributed by atoms with Crippen LogP contribution in [0, 0.1) is 0 Å². The van der Waals surface area contributed by atoms with Crippen molar-refractivity contribution in [3.05, 3.63) is 292 Å². The van der Waals surface area contributed by atoms with E-state index in [1.807, 2.05) is 140 Å². The minimum Gasteiger partial charge on any atom is -1.00 e. The third kappa shape index (κ3) is 28.2. The number of nitrogens with zero attached hydrogens (tertiary/aromatic N) is 12. The molecule has 0 atom stereocenters. The molecule has 0 saturated heterocycles. The van der Waals surface area contributed by atoms with Crippen molar-refractivity contribution in [3.63, 3.8) is 0 Å². The maximum absolute atomic E-state index is 13.7. The van der Waals surface area contributed by atoms with E-state index in [9.17, 15) is 19.2 Å². The molecule has 4 N–H and O–H groups in total. The summed E-state index contributed by atoms with van der Waals surface area (Å²) in [4.78, 5) is 97.4. The molecule has 0 fully saturated rings. The average molecular weight is 1570 g/mol. The molecule has 0 unspecified atom stereocenters. The van der Waals surface area contributed by atoms with Gasteiger partial charge in [-0.1, -0.05) is 142 Å². The van der Waals surface area contributed by atoms with Crippen molar-refractivity contribution in [2.24, 2.45) is 0 Å². The van der Waals surface area contributed by atoms with Crippen LogP contribution in [-0.2, 0) is 25.6 Å². The van der Waals surface area contributed by atoms with Crippen molar-refractivity contribution in [3.8, 4) is 45.1 Å². The SMILES string of the molecule is CCN(CC)CCOc1ccc(N)nc1.CCN(CC)CCOc1ccc(Nc2cc3c(cn2)cc(-c2ccccc2)c(=O)n3-c2ccncc2)nc1.COC(=O)Cc1ccccc1.O=CO[O-].O=Cc1cnc(Cl)cc1Nc1ccncc1.O=c1c(-c2ccccc2)cc2cnc(Cl)cc2n1-c1ccncc1.[H-].[K+].[K+]. The molecule has 29 heteroatoms. The summed E-state index contributed by atoms with van der Waals surface area (Å²) in [5.74, 6) is 3.02. The molecule has 0 aliphatic rings. The van der Waals surface area contributed by atoms with E-state index in [0.717, 1.165) is 101 Å². The van der Waals surface area contributed by atoms with Crippen LogP contribution >= 0.6 is 23.2 Å². The van der Waals surface area contributed by atoms with Gasteiger partial charge in [0.2, 0.25) is 0 Å². The number of esters is 1. The zero-order valence-corrected chi connectivity index (χ0v) is 69.7. The van der Waals surface area contributed by atoms with Crippen molar-refractivity contribution in [2.75, 3.05) is 76.0 Å². The van der Waals surface area contributed by atoms with Crippen molar-refractivity contribution < 1.29 is 143 Å². The van der Waals surface area contributed by atoms with Gasteiger partial charge in [0.15, 0.2) is 6.29 Å². The molecule has 0 amide bonds. The Kier molecular flexibility index (Phi) is 39.9. The molecule has 25 nitrogen and oxygen atoms in total. The first-order chi connectivity index (χ1) is 52.7. The number of aromatic nitrogens is 10. The van der Waals surface area contributed by atoms with Crippen molar-refractivity contribution in [1.29, 1.82) is 0 Å². The molecule has 556 valence electrons. The molecular weight excluding hydrogens is 1490 g/mol. The molecule has 0 radical (unpaired) electrons. The number of hydrogen-bond donors (Lipinski definition) is 3. The maximum atomic E-state index is 13.7. The number of rotatable bonds is 24. The first-order valence-corrected chi connectivity index (χ1v) is 34.9. The van der Waals surface area contributed by atoms with Gasteiger partial charge in [-0.2, -0.15) is 0 Å². The van der Waals surface area contributed by atoms with Gasteiger partial charge in [0.05, 0.1) is 59.6 Å². The van der Waals surface area contributed by atoms with E-state index < -0.39 is 0 Å². The quantitative estimate of drug-likeness (QED) is 0.0132. The first-order valence-electron chi connectivity index (χ1n) is 34.1. The molecule has 10 heterocycles. The Morgan fingerprint density at radius 3 is 1.44 bits per heavy atom. The monoisotopic (exact) mass is 1570 g/mol. The van der Waals surface area contributed by atoms with Gasteiger partial charge in [-0.05, 0) is 122 Å². The van der Waals surface area contributed by atoms with Crippen LogP contribution in [-0.4, -0.2) is 137 Å². The van der Waals surface area contributed by atoms with E-state index in [0.29, 0.717) is 81.0 Å². The largest absolute Gasteiger partial charge is 1.00 e. The number of likely N-dealkylation sites (N-methyl/N-ethyl adjacent to an activating group) is 2. The summed E-state index contributed by atoms with van der Waals surface area (Å²) in [5.41, 5.74) is 14.0. The Hall–Kier alpha value is -9.38. The molecule has 0 aliphatic carbocycles. The van der Waals surface area contributed by atoms with Crippen LogP contribution in [0.2, 0.25) is 10.3 Å². The average Bonchev–Trinajstić information content (AvgIpc) is 0.767. The van der Waals surface area contributed by atoms with Gasteiger partial charge in [-0.3, -0.25) is 48.1 Å². The Morgan fingerprint density at radius 1 is 0.536 bits per heavy atom. The molecule has 10 aromatic heterocycles. The Morgan fingerprint density at radius 2 is 0.982 bits per heavy atom. The van der Waals surface area contributed by atoms with E-state index in [1.165, 1.54) is 13.3 Å². The number of nitrogen functional groups attached to an aromatic ring is 1. The number of halogens is 2. The minimum atomic E-state index is -0.198. The summed E-state index contributed by atoms with van der Waals surface area (Å²) in [6.45, 7) is 15.6. The van der Waals surface area contributed by atoms with Crippen LogP contribution in [0.4, 0.5) is 28.8 Å². The van der Waals surface area contributed by atoms with Crippen LogP contribution < -0.4 is 145 Å². The summed E-state index contributed by atoms with van der Waals surface area (Å²) >= 11 is 11.8. The molecule has 110 heavy (non-hydrogen) atoms. The second-order valence-electron chi connectivity index (χ2n) is 22.9. The fourth-order valence-electron chi connectivity index (χ4n) is 10.5. The van der Waals surface area contributed by atoms with Crippen LogP contribution in [0.25, 0.3) is 55.4 Å². The molecule has 3 aromatic carbocycles. The molecule has 13 rings (SSSR count). The van der Waals surface area contributed by atoms with Crippen LogP contribution in [0.5, 0.6) is 11.5 Å². The fraction of sp³-hybridized carbons (Fsp3) is 0.173. The van der Waals surface area contributed by atoms with Gasteiger partial charge >= 0.3 is 109 Å². The van der Waals surface area contributed by atoms with E-state index in [4.69, 9.17) is 48.5 Å². The number of hydrogen-bond acceptors (Lipinski definition) is 23. The summed E-state index contributed by atoms with van der Waals surface area (Å²) in [6.07, 6.45) is 19.3. The summed E-state index contributed by atoms with van der Waals surface area (Å²) < 4.78 is 19.2. The molecule has 0 aliphatic heterocycles. The van der Waals surface area contributed by atoms with Crippen LogP contribution in [0.1, 0.15) is 45.0 Å². The molecular formula is C81H81Cl2K2N15O10. The number of aldehydes is 1. The summed E-state index contributed by atoms with van der Waals surface area (Å²) in [7, 11) is 1.39. The first kappa shape index (κ1) is 89.5. The number of pyridine rings is 10. The maximum Gasteiger partial charge on any atom is 1.00 e. The van der Waals surface area contributed by atoms with E-state index >= 15 is 0 Å². The van der Waals surface area contributed by atoms with E-state index in [2.05, 4.69) is 97.6 Å². The molecule has 0 spiro atoms. The van der Waals surface area contributed by atoms with Crippen molar-refractivity contribution in [2.45, 2.75) is 34.1 Å². The van der Waals surface area contributed by atoms with Gasteiger partial charge in [-0.15, -0.1) is 0 Å². The van der Waals surface area contributed by atoms with E-state index in [-0.39, 0.29) is 128 Å². The predicted molar refractivity (Wildman–Crippen MR) is 421 cm³/mol. The zero-order chi connectivity index (χ0) is 76.8. The van der Waals surface area contributed by atoms with Gasteiger partial charge in [-0.25, -0.2) is 24.9 Å². The second-order valence-corrected chi connectivity index (χ2v) is 23.7. The zero-order valence-electron chi connectivity index (χ0n) is 63.0. The van der Waals surface area contributed by atoms with Crippen LogP contribution in [0.15, 0.2) is 260 Å². The number of carbonyl (C=O) groups excluding carboxylic acids is 3. The number of benzene rings is 3. The fourth-order valence-corrected chi connectivity index (χ4v) is 10.8. The van der Waals surface area contributed by atoms with Crippen LogP contribution in [0.3, 0.4) is 0 Å². The van der Waals surface area contributed by atoms with E-state index in [1.54, 1.807) is 114 Å². The van der Waals surface area contributed by atoms with Gasteiger partial charge in [0, 0.05) is 109 Å². The number of methoxy groups -OCH3 is 1. The topological polar surface area (TPSA) is 315 Å². The molecule has 0 saturated carbocycles. The number of anilines is 5. The van der Waals surface area contributed by atoms with Crippen molar-refractivity contribution in [1.82, 2.24) is 58.8 Å². The number of ether oxygens (including phenoxy) is 3.